The minimum absolute atomic E-state index is 0.0672. The average molecular weight is 433 g/mol. The second kappa shape index (κ2) is 8.06. The molecule has 0 heterocycles. The molecule has 0 bridgehead atoms. The molecule has 0 aliphatic rings. The second-order valence-electron chi connectivity index (χ2n) is 4.34. The fourth-order valence-corrected chi connectivity index (χ4v) is 4.28. The Labute approximate surface area is 147 Å². The number of hydrogen-bond donors (Lipinski definition) is 0. The van der Waals surface area contributed by atoms with Gasteiger partial charge in [-0.05, 0) is 40.3 Å². The van der Waals surface area contributed by atoms with E-state index in [1.54, 1.807) is 24.9 Å². The van der Waals surface area contributed by atoms with Crippen LogP contribution in [0.15, 0.2) is 47.4 Å². The number of alkyl halides is 1. The molecule has 1 unspecified atom stereocenters. The number of ether oxygens (including phenoxy) is 1. The van der Waals surface area contributed by atoms with Crippen molar-refractivity contribution in [2.24, 2.45) is 0 Å². The van der Waals surface area contributed by atoms with Gasteiger partial charge in [0.25, 0.3) is 0 Å². The van der Waals surface area contributed by atoms with E-state index in [1.807, 2.05) is 36.4 Å². The van der Waals surface area contributed by atoms with Crippen LogP contribution in [0.5, 0.6) is 5.75 Å². The van der Waals surface area contributed by atoms with Crippen LogP contribution in [0.3, 0.4) is 0 Å². The molecule has 0 aromatic heterocycles. The molecular formula is C16H14ClIO2S. The van der Waals surface area contributed by atoms with Gasteiger partial charge in [-0.3, -0.25) is 4.79 Å². The van der Waals surface area contributed by atoms with Gasteiger partial charge in [-0.25, -0.2) is 0 Å². The van der Waals surface area contributed by atoms with E-state index in [4.69, 9.17) is 16.3 Å². The Morgan fingerprint density at radius 2 is 2.05 bits per heavy atom. The fourth-order valence-electron chi connectivity index (χ4n) is 1.86. The Balaban J connectivity index is 2.14. The fraction of sp³-hybridized carbons (Fsp3) is 0.188. The van der Waals surface area contributed by atoms with Crippen LogP contribution in [0.4, 0.5) is 0 Å². The van der Waals surface area contributed by atoms with E-state index in [0.29, 0.717) is 11.3 Å². The molecule has 110 valence electrons. The van der Waals surface area contributed by atoms with E-state index in [1.165, 1.54) is 0 Å². The molecule has 0 saturated carbocycles. The van der Waals surface area contributed by atoms with Gasteiger partial charge in [0.15, 0.2) is 0 Å². The van der Waals surface area contributed by atoms with Crippen LogP contribution in [0.1, 0.15) is 21.3 Å². The third-order valence-electron chi connectivity index (χ3n) is 2.92. The van der Waals surface area contributed by atoms with E-state index in [9.17, 15) is 4.79 Å². The van der Waals surface area contributed by atoms with Crippen molar-refractivity contribution in [3.8, 4) is 5.75 Å². The van der Waals surface area contributed by atoms with Crippen molar-refractivity contribution in [3.63, 3.8) is 0 Å². The Kier molecular flexibility index (Phi) is 6.39. The molecule has 0 aliphatic heterocycles. The van der Waals surface area contributed by atoms with Crippen molar-refractivity contribution in [2.45, 2.75) is 10.3 Å². The molecule has 0 fully saturated rings. The molecule has 2 aromatic carbocycles. The standard InChI is InChI=1S/C16H14ClIO2S/c1-20-15-8-11(9-19)7-14(18)16(15)21-10-13(17)12-5-3-2-4-6-12/h2-9,13H,10H2,1H3. The summed E-state index contributed by atoms with van der Waals surface area (Å²) in [5.41, 5.74) is 1.72. The van der Waals surface area contributed by atoms with E-state index in [0.717, 1.165) is 26.1 Å². The molecule has 0 aliphatic carbocycles. The van der Waals surface area contributed by atoms with Gasteiger partial charge in [-0.15, -0.1) is 23.4 Å². The highest BCUT2D eigenvalue weighted by Crippen LogP contribution is 2.38. The van der Waals surface area contributed by atoms with Gasteiger partial charge in [0.2, 0.25) is 0 Å². The summed E-state index contributed by atoms with van der Waals surface area (Å²) in [6.45, 7) is 0. The van der Waals surface area contributed by atoms with E-state index in [-0.39, 0.29) is 5.38 Å². The maximum atomic E-state index is 10.9. The van der Waals surface area contributed by atoms with Crippen molar-refractivity contribution in [1.82, 2.24) is 0 Å². The van der Waals surface area contributed by atoms with E-state index in [2.05, 4.69) is 22.6 Å². The summed E-state index contributed by atoms with van der Waals surface area (Å²) >= 11 is 10.3. The number of benzene rings is 2. The predicted octanol–water partition coefficient (Wildman–Crippen LogP) is 5.18. The maximum absolute atomic E-state index is 10.9. The highest BCUT2D eigenvalue weighted by molar-refractivity contribution is 14.1. The van der Waals surface area contributed by atoms with Crippen molar-refractivity contribution in [3.05, 3.63) is 57.2 Å². The molecule has 2 nitrogen and oxygen atoms in total. The first kappa shape index (κ1) is 16.6. The molecule has 0 saturated heterocycles. The second-order valence-corrected chi connectivity index (χ2v) is 7.06. The highest BCUT2D eigenvalue weighted by Gasteiger charge is 2.14. The topological polar surface area (TPSA) is 26.3 Å². The van der Waals surface area contributed by atoms with Gasteiger partial charge in [0.05, 0.1) is 17.4 Å². The normalized spacial score (nSPS) is 12.0. The number of rotatable bonds is 6. The van der Waals surface area contributed by atoms with E-state index >= 15 is 0 Å². The summed E-state index contributed by atoms with van der Waals surface area (Å²) in [4.78, 5) is 11.9. The van der Waals surface area contributed by atoms with Crippen molar-refractivity contribution in [2.75, 3.05) is 12.9 Å². The number of carbonyl (C=O) groups excluding carboxylic acids is 1. The van der Waals surface area contributed by atoms with Gasteiger partial charge in [0.1, 0.15) is 12.0 Å². The Morgan fingerprint density at radius 3 is 2.67 bits per heavy atom. The summed E-state index contributed by atoms with van der Waals surface area (Å²) in [5.74, 6) is 1.45. The first-order chi connectivity index (χ1) is 10.2. The third-order valence-corrected chi connectivity index (χ3v) is 5.94. The van der Waals surface area contributed by atoms with Crippen molar-refractivity contribution >= 4 is 52.2 Å². The van der Waals surface area contributed by atoms with E-state index < -0.39 is 0 Å². The molecule has 0 spiro atoms. The van der Waals surface area contributed by atoms with Crippen LogP contribution in [0, 0.1) is 3.57 Å². The number of thioether (sulfide) groups is 1. The number of carbonyl (C=O) groups is 1. The molecule has 0 N–H and O–H groups in total. The number of hydrogen-bond acceptors (Lipinski definition) is 3. The molecule has 2 aromatic rings. The number of halogens is 2. The smallest absolute Gasteiger partial charge is 0.150 e. The first-order valence-corrected chi connectivity index (χ1v) is 8.80. The lowest BCUT2D eigenvalue weighted by molar-refractivity contribution is 0.112. The summed E-state index contributed by atoms with van der Waals surface area (Å²) in [7, 11) is 1.61. The van der Waals surface area contributed by atoms with Gasteiger partial charge in [-0.1, -0.05) is 30.3 Å². The van der Waals surface area contributed by atoms with Gasteiger partial charge in [0, 0.05) is 14.9 Å². The summed E-state index contributed by atoms with van der Waals surface area (Å²) in [6.07, 6.45) is 0.827. The number of methoxy groups -OCH3 is 1. The summed E-state index contributed by atoms with van der Waals surface area (Å²) in [6, 6.07) is 13.6. The zero-order valence-electron chi connectivity index (χ0n) is 11.4. The van der Waals surface area contributed by atoms with Crippen LogP contribution in [-0.2, 0) is 0 Å². The largest absolute Gasteiger partial charge is 0.496 e. The monoisotopic (exact) mass is 432 g/mol. The van der Waals surface area contributed by atoms with Crippen LogP contribution in [0.25, 0.3) is 0 Å². The van der Waals surface area contributed by atoms with Crippen molar-refractivity contribution < 1.29 is 9.53 Å². The van der Waals surface area contributed by atoms with Crippen LogP contribution in [-0.4, -0.2) is 19.1 Å². The summed E-state index contributed by atoms with van der Waals surface area (Å²) in [5, 5.41) is -0.0672. The zero-order chi connectivity index (χ0) is 15.2. The molecule has 0 amide bonds. The Hall–Kier alpha value is -0.720. The zero-order valence-corrected chi connectivity index (χ0v) is 15.1. The minimum atomic E-state index is -0.0672. The highest BCUT2D eigenvalue weighted by atomic mass is 127. The molecule has 21 heavy (non-hydrogen) atoms. The predicted molar refractivity (Wildman–Crippen MR) is 96.9 cm³/mol. The van der Waals surface area contributed by atoms with Gasteiger partial charge in [-0.2, -0.15) is 0 Å². The maximum Gasteiger partial charge on any atom is 0.150 e. The molecule has 5 heteroatoms. The van der Waals surface area contributed by atoms with Crippen LogP contribution >= 0.6 is 46.0 Å². The molecule has 2 rings (SSSR count). The Morgan fingerprint density at radius 1 is 1.33 bits per heavy atom. The first-order valence-electron chi connectivity index (χ1n) is 6.30. The Bertz CT molecular complexity index is 619. The number of aldehydes is 1. The van der Waals surface area contributed by atoms with Crippen molar-refractivity contribution in [1.29, 1.82) is 0 Å². The lowest BCUT2D eigenvalue weighted by Crippen LogP contribution is -1.97. The average Bonchev–Trinajstić information content (AvgIpc) is 2.53. The lowest BCUT2D eigenvalue weighted by Gasteiger charge is -2.14. The third kappa shape index (κ3) is 4.37. The molecular weight excluding hydrogens is 419 g/mol. The lowest BCUT2D eigenvalue weighted by atomic mass is 10.2. The van der Waals surface area contributed by atoms with Crippen LogP contribution in [0.2, 0.25) is 0 Å². The SMILES string of the molecule is COc1cc(C=O)cc(I)c1SCC(Cl)c1ccccc1. The van der Waals surface area contributed by atoms with Gasteiger partial charge >= 0.3 is 0 Å². The van der Waals surface area contributed by atoms with Crippen LogP contribution < -0.4 is 4.74 Å². The molecule has 0 radical (unpaired) electrons. The minimum Gasteiger partial charge on any atom is -0.496 e. The summed E-state index contributed by atoms with van der Waals surface area (Å²) < 4.78 is 6.38. The van der Waals surface area contributed by atoms with Gasteiger partial charge < -0.3 is 4.74 Å². The molecule has 1 atom stereocenters. The quantitative estimate of drug-likeness (QED) is 0.272.